The predicted octanol–water partition coefficient (Wildman–Crippen LogP) is 3.35. The lowest BCUT2D eigenvalue weighted by Crippen LogP contribution is -2.30. The molecule has 78 valence electrons. The third-order valence-electron chi connectivity index (χ3n) is 3.86. The van der Waals surface area contributed by atoms with Crippen molar-refractivity contribution < 1.29 is 4.79 Å². The predicted molar refractivity (Wildman–Crippen MR) is 58.0 cm³/mol. The van der Waals surface area contributed by atoms with Gasteiger partial charge in [0.2, 0.25) is 0 Å². The lowest BCUT2D eigenvalue weighted by molar-refractivity contribution is -0.117. The van der Waals surface area contributed by atoms with E-state index in [1.54, 1.807) is 0 Å². The highest BCUT2D eigenvalue weighted by Gasteiger charge is 2.33. The Morgan fingerprint density at radius 1 is 1.36 bits per heavy atom. The Balaban J connectivity index is 2.22. The van der Waals surface area contributed by atoms with Crippen LogP contribution in [0.4, 0.5) is 0 Å². The number of carbonyl (C=O) groups excluding carboxylic acids is 1. The van der Waals surface area contributed by atoms with Crippen molar-refractivity contribution in [3.63, 3.8) is 0 Å². The third-order valence-corrected chi connectivity index (χ3v) is 3.86. The van der Waals surface area contributed by atoms with Crippen molar-refractivity contribution in [1.82, 2.24) is 0 Å². The molecule has 1 saturated carbocycles. The van der Waals surface area contributed by atoms with E-state index in [1.807, 2.05) is 6.08 Å². The Bertz CT molecular complexity index is 262. The maximum atomic E-state index is 11.6. The average Bonchev–Trinajstić information content (AvgIpc) is 2.16. The fourth-order valence-electron chi connectivity index (χ4n) is 3.07. The molecule has 0 aliphatic heterocycles. The standard InChI is InChI=1S/C13H20O/c1-9(2)13-8-11(14)7-10-5-3-4-6-12(10)13/h7,9,12-13H,3-6,8H2,1-2H3/t12-,13+/m0/s1. The van der Waals surface area contributed by atoms with Crippen LogP contribution in [0.25, 0.3) is 0 Å². The number of allylic oxidation sites excluding steroid dienone is 2. The van der Waals surface area contributed by atoms with Crippen molar-refractivity contribution in [3.05, 3.63) is 11.6 Å². The van der Waals surface area contributed by atoms with E-state index < -0.39 is 0 Å². The number of hydrogen-bond acceptors (Lipinski definition) is 1. The number of rotatable bonds is 1. The van der Waals surface area contributed by atoms with Gasteiger partial charge in [0, 0.05) is 6.42 Å². The van der Waals surface area contributed by atoms with Crippen LogP contribution in [0, 0.1) is 17.8 Å². The molecule has 0 saturated heterocycles. The minimum Gasteiger partial charge on any atom is -0.295 e. The minimum atomic E-state index is 0.372. The van der Waals surface area contributed by atoms with Crippen molar-refractivity contribution in [1.29, 1.82) is 0 Å². The van der Waals surface area contributed by atoms with Crippen molar-refractivity contribution in [2.45, 2.75) is 46.0 Å². The first-order valence-corrected chi connectivity index (χ1v) is 5.92. The van der Waals surface area contributed by atoms with E-state index in [4.69, 9.17) is 0 Å². The Labute approximate surface area is 86.6 Å². The molecule has 0 aromatic carbocycles. The highest BCUT2D eigenvalue weighted by molar-refractivity contribution is 5.91. The van der Waals surface area contributed by atoms with Gasteiger partial charge in [0.05, 0.1) is 0 Å². The molecule has 0 unspecified atom stereocenters. The summed E-state index contributed by atoms with van der Waals surface area (Å²) < 4.78 is 0. The summed E-state index contributed by atoms with van der Waals surface area (Å²) in [4.78, 5) is 11.6. The van der Waals surface area contributed by atoms with Gasteiger partial charge in [0.25, 0.3) is 0 Å². The summed E-state index contributed by atoms with van der Waals surface area (Å²) in [5.74, 6) is 2.40. The summed E-state index contributed by atoms with van der Waals surface area (Å²) in [5, 5.41) is 0. The van der Waals surface area contributed by atoms with Crippen LogP contribution in [-0.4, -0.2) is 5.78 Å². The Hall–Kier alpha value is -0.590. The van der Waals surface area contributed by atoms with Gasteiger partial charge in [0.15, 0.2) is 5.78 Å². The number of ketones is 1. The van der Waals surface area contributed by atoms with Gasteiger partial charge in [-0.3, -0.25) is 4.79 Å². The van der Waals surface area contributed by atoms with E-state index in [2.05, 4.69) is 13.8 Å². The molecule has 0 N–H and O–H groups in total. The van der Waals surface area contributed by atoms with Crippen LogP contribution < -0.4 is 0 Å². The van der Waals surface area contributed by atoms with Gasteiger partial charge in [-0.15, -0.1) is 0 Å². The Morgan fingerprint density at radius 2 is 2.14 bits per heavy atom. The van der Waals surface area contributed by atoms with Crippen LogP contribution in [0.1, 0.15) is 46.0 Å². The zero-order valence-corrected chi connectivity index (χ0v) is 9.25. The maximum Gasteiger partial charge on any atom is 0.155 e. The van der Waals surface area contributed by atoms with Crippen molar-refractivity contribution in [2.24, 2.45) is 17.8 Å². The second-order valence-electron chi connectivity index (χ2n) is 5.15. The lowest BCUT2D eigenvalue weighted by atomic mass is 9.67. The maximum absolute atomic E-state index is 11.6. The smallest absolute Gasteiger partial charge is 0.155 e. The van der Waals surface area contributed by atoms with Crippen LogP contribution in [-0.2, 0) is 4.79 Å². The Kier molecular flexibility index (Phi) is 2.76. The molecular formula is C13H20O. The third kappa shape index (κ3) is 1.77. The zero-order valence-electron chi connectivity index (χ0n) is 9.25. The van der Waals surface area contributed by atoms with Crippen LogP contribution in [0.3, 0.4) is 0 Å². The molecule has 2 aliphatic carbocycles. The average molecular weight is 192 g/mol. The van der Waals surface area contributed by atoms with E-state index in [-0.39, 0.29) is 0 Å². The second-order valence-corrected chi connectivity index (χ2v) is 5.15. The monoisotopic (exact) mass is 192 g/mol. The highest BCUT2D eigenvalue weighted by atomic mass is 16.1. The molecule has 14 heavy (non-hydrogen) atoms. The quantitative estimate of drug-likeness (QED) is 0.622. The van der Waals surface area contributed by atoms with Crippen LogP contribution in [0.15, 0.2) is 11.6 Å². The van der Waals surface area contributed by atoms with Crippen molar-refractivity contribution in [2.75, 3.05) is 0 Å². The first-order valence-electron chi connectivity index (χ1n) is 5.92. The van der Waals surface area contributed by atoms with Gasteiger partial charge in [0.1, 0.15) is 0 Å². The van der Waals surface area contributed by atoms with Crippen LogP contribution in [0.5, 0.6) is 0 Å². The van der Waals surface area contributed by atoms with E-state index in [0.29, 0.717) is 17.6 Å². The molecule has 1 nitrogen and oxygen atoms in total. The fraction of sp³-hybridized carbons (Fsp3) is 0.769. The van der Waals surface area contributed by atoms with Gasteiger partial charge in [-0.05, 0) is 43.1 Å². The minimum absolute atomic E-state index is 0.372. The lowest BCUT2D eigenvalue weighted by Gasteiger charge is -2.37. The summed E-state index contributed by atoms with van der Waals surface area (Å²) in [6.45, 7) is 4.52. The van der Waals surface area contributed by atoms with Crippen molar-refractivity contribution >= 4 is 5.78 Å². The molecule has 0 radical (unpaired) electrons. The summed E-state index contributed by atoms with van der Waals surface area (Å²) in [6, 6.07) is 0. The SMILES string of the molecule is CC(C)[C@H]1CC(=O)C=C2CCCC[C@@H]21. The number of hydrogen-bond donors (Lipinski definition) is 0. The molecule has 0 heterocycles. The molecule has 1 heteroatoms. The Morgan fingerprint density at radius 3 is 2.86 bits per heavy atom. The van der Waals surface area contributed by atoms with E-state index in [9.17, 15) is 4.79 Å². The molecule has 0 amide bonds. The molecule has 2 atom stereocenters. The van der Waals surface area contributed by atoms with Gasteiger partial charge >= 0.3 is 0 Å². The van der Waals surface area contributed by atoms with Gasteiger partial charge in [-0.2, -0.15) is 0 Å². The van der Waals surface area contributed by atoms with Gasteiger partial charge in [-0.1, -0.05) is 25.8 Å². The number of fused-ring (bicyclic) bond motifs is 1. The first-order chi connectivity index (χ1) is 6.68. The summed E-state index contributed by atoms with van der Waals surface area (Å²) >= 11 is 0. The molecule has 2 rings (SSSR count). The molecule has 0 bridgehead atoms. The van der Waals surface area contributed by atoms with Crippen LogP contribution in [0.2, 0.25) is 0 Å². The molecule has 2 aliphatic rings. The normalized spacial score (nSPS) is 32.8. The highest BCUT2D eigenvalue weighted by Crippen LogP contribution is 2.42. The first kappa shape index (κ1) is 9.95. The van der Waals surface area contributed by atoms with Gasteiger partial charge in [-0.25, -0.2) is 0 Å². The molecular weight excluding hydrogens is 172 g/mol. The topological polar surface area (TPSA) is 17.1 Å². The summed E-state index contributed by atoms with van der Waals surface area (Å²) in [5.41, 5.74) is 1.46. The molecule has 1 fully saturated rings. The zero-order chi connectivity index (χ0) is 10.1. The van der Waals surface area contributed by atoms with Gasteiger partial charge < -0.3 is 0 Å². The largest absolute Gasteiger partial charge is 0.295 e. The second kappa shape index (κ2) is 3.88. The van der Waals surface area contributed by atoms with E-state index >= 15 is 0 Å². The van der Waals surface area contributed by atoms with Crippen LogP contribution >= 0.6 is 0 Å². The summed E-state index contributed by atoms with van der Waals surface area (Å²) in [6.07, 6.45) is 7.90. The molecule has 0 aromatic rings. The fourth-order valence-corrected chi connectivity index (χ4v) is 3.07. The molecule has 0 aromatic heterocycles. The van der Waals surface area contributed by atoms with Crippen molar-refractivity contribution in [3.8, 4) is 0 Å². The summed E-state index contributed by atoms with van der Waals surface area (Å²) in [7, 11) is 0. The molecule has 0 spiro atoms. The van der Waals surface area contributed by atoms with E-state index in [1.165, 1.54) is 31.3 Å². The van der Waals surface area contributed by atoms with E-state index in [0.717, 1.165) is 12.3 Å². The number of carbonyl (C=O) groups is 1.